The molecule has 1 rings (SSSR count). The van der Waals surface area contributed by atoms with Crippen LogP contribution in [0.25, 0.3) is 0 Å². The first-order chi connectivity index (χ1) is 8.51. The lowest BCUT2D eigenvalue weighted by Gasteiger charge is -2.08. The van der Waals surface area contributed by atoms with E-state index in [0.717, 1.165) is 31.4 Å². The van der Waals surface area contributed by atoms with Crippen LogP contribution in [0.2, 0.25) is 0 Å². The molecular formula is C12H18FNO3S. The van der Waals surface area contributed by atoms with Crippen molar-refractivity contribution in [2.45, 2.75) is 37.7 Å². The maximum Gasteiger partial charge on any atom is 0.243 e. The standard InChI is InChI=1S/C12H18FNO3S/c1-2-3-4-7-14-18(16,17)12-8-10(9-15)5-6-11(12)13/h5-6,8,14-15H,2-4,7,9H2,1H3. The number of hydrogen-bond acceptors (Lipinski definition) is 3. The van der Waals surface area contributed by atoms with E-state index in [1.54, 1.807) is 0 Å². The van der Waals surface area contributed by atoms with Gasteiger partial charge in [0.15, 0.2) is 0 Å². The lowest BCUT2D eigenvalue weighted by Crippen LogP contribution is -2.25. The van der Waals surface area contributed by atoms with Crippen molar-refractivity contribution in [1.82, 2.24) is 4.72 Å². The lowest BCUT2D eigenvalue weighted by molar-refractivity contribution is 0.281. The van der Waals surface area contributed by atoms with E-state index in [-0.39, 0.29) is 6.61 Å². The summed E-state index contributed by atoms with van der Waals surface area (Å²) in [7, 11) is -3.84. The van der Waals surface area contributed by atoms with E-state index in [4.69, 9.17) is 5.11 Å². The van der Waals surface area contributed by atoms with Crippen LogP contribution in [0.4, 0.5) is 4.39 Å². The molecule has 0 aliphatic rings. The normalized spacial score (nSPS) is 11.7. The minimum Gasteiger partial charge on any atom is -0.392 e. The van der Waals surface area contributed by atoms with Crippen LogP contribution in [0, 0.1) is 5.82 Å². The number of hydrogen-bond donors (Lipinski definition) is 2. The minimum atomic E-state index is -3.84. The Kier molecular flexibility index (Phi) is 5.71. The number of rotatable bonds is 7. The molecular weight excluding hydrogens is 257 g/mol. The molecule has 0 radical (unpaired) electrons. The molecule has 0 aliphatic carbocycles. The molecule has 0 fully saturated rings. The molecule has 18 heavy (non-hydrogen) atoms. The molecule has 102 valence electrons. The van der Waals surface area contributed by atoms with Crippen molar-refractivity contribution in [3.63, 3.8) is 0 Å². The predicted octanol–water partition coefficient (Wildman–Crippen LogP) is 1.79. The van der Waals surface area contributed by atoms with E-state index in [2.05, 4.69) is 4.72 Å². The molecule has 0 bridgehead atoms. The molecule has 0 saturated heterocycles. The molecule has 0 atom stereocenters. The maximum absolute atomic E-state index is 13.5. The van der Waals surface area contributed by atoms with Gasteiger partial charge in [-0.3, -0.25) is 0 Å². The molecule has 0 unspecified atom stereocenters. The zero-order valence-electron chi connectivity index (χ0n) is 10.3. The SMILES string of the molecule is CCCCCNS(=O)(=O)c1cc(CO)ccc1F. The molecule has 1 aromatic rings. The number of aliphatic hydroxyl groups excluding tert-OH is 1. The highest BCUT2D eigenvalue weighted by molar-refractivity contribution is 7.89. The van der Waals surface area contributed by atoms with Crippen LogP contribution in [0.5, 0.6) is 0 Å². The Morgan fingerprint density at radius 3 is 2.67 bits per heavy atom. The fourth-order valence-corrected chi connectivity index (χ4v) is 2.71. The largest absolute Gasteiger partial charge is 0.392 e. The first kappa shape index (κ1) is 15.1. The Balaban J connectivity index is 2.83. The van der Waals surface area contributed by atoms with Crippen molar-refractivity contribution in [1.29, 1.82) is 0 Å². The number of sulfonamides is 1. The van der Waals surface area contributed by atoms with E-state index < -0.39 is 20.7 Å². The van der Waals surface area contributed by atoms with Crippen LogP contribution >= 0.6 is 0 Å². The van der Waals surface area contributed by atoms with Gasteiger partial charge >= 0.3 is 0 Å². The summed E-state index contributed by atoms with van der Waals surface area (Å²) in [6.45, 7) is 1.98. The molecule has 0 heterocycles. The average Bonchev–Trinajstić information content (AvgIpc) is 2.35. The zero-order valence-corrected chi connectivity index (χ0v) is 11.1. The van der Waals surface area contributed by atoms with Crippen LogP contribution in [0.3, 0.4) is 0 Å². The minimum absolute atomic E-state index is 0.291. The summed E-state index contributed by atoms with van der Waals surface area (Å²) in [4.78, 5) is -0.412. The van der Waals surface area contributed by atoms with Crippen molar-refractivity contribution >= 4 is 10.0 Å². The summed E-state index contributed by atoms with van der Waals surface area (Å²) < 4.78 is 39.5. The van der Waals surface area contributed by atoms with Gasteiger partial charge in [0.25, 0.3) is 0 Å². The first-order valence-corrected chi connectivity index (χ1v) is 7.38. The van der Waals surface area contributed by atoms with Gasteiger partial charge in [-0.05, 0) is 24.1 Å². The second kappa shape index (κ2) is 6.82. The van der Waals surface area contributed by atoms with Gasteiger partial charge in [0.05, 0.1) is 6.61 Å². The van der Waals surface area contributed by atoms with Crippen molar-refractivity contribution in [3.05, 3.63) is 29.6 Å². The Bertz CT molecular complexity index is 488. The van der Waals surface area contributed by atoms with Crippen molar-refractivity contribution in [3.8, 4) is 0 Å². The van der Waals surface area contributed by atoms with Gasteiger partial charge in [0, 0.05) is 6.54 Å². The smallest absolute Gasteiger partial charge is 0.243 e. The highest BCUT2D eigenvalue weighted by Crippen LogP contribution is 2.16. The molecule has 0 spiro atoms. The third-order valence-electron chi connectivity index (χ3n) is 2.54. The number of benzene rings is 1. The third-order valence-corrected chi connectivity index (χ3v) is 4.02. The highest BCUT2D eigenvalue weighted by Gasteiger charge is 2.18. The topological polar surface area (TPSA) is 66.4 Å². The molecule has 6 heteroatoms. The van der Waals surface area contributed by atoms with Crippen molar-refractivity contribution in [2.75, 3.05) is 6.54 Å². The maximum atomic E-state index is 13.5. The molecule has 1 aromatic carbocycles. The third kappa shape index (κ3) is 4.04. The van der Waals surface area contributed by atoms with Gasteiger partial charge < -0.3 is 5.11 Å². The molecule has 0 aliphatic heterocycles. The van der Waals surface area contributed by atoms with Gasteiger partial charge in [-0.15, -0.1) is 0 Å². The monoisotopic (exact) mass is 275 g/mol. The second-order valence-corrected chi connectivity index (χ2v) is 5.76. The van der Waals surface area contributed by atoms with Gasteiger partial charge in [-0.1, -0.05) is 25.8 Å². The van der Waals surface area contributed by atoms with Crippen LogP contribution < -0.4 is 4.72 Å². The van der Waals surface area contributed by atoms with Gasteiger partial charge in [0.1, 0.15) is 10.7 Å². The van der Waals surface area contributed by atoms with Crippen molar-refractivity contribution < 1.29 is 17.9 Å². The molecule has 0 aromatic heterocycles. The number of halogens is 1. The fourth-order valence-electron chi connectivity index (χ4n) is 1.51. The number of aliphatic hydroxyl groups is 1. The first-order valence-electron chi connectivity index (χ1n) is 5.90. The Labute approximate surface area is 107 Å². The highest BCUT2D eigenvalue weighted by atomic mass is 32.2. The van der Waals surface area contributed by atoms with Crippen LogP contribution in [-0.2, 0) is 16.6 Å². The summed E-state index contributed by atoms with van der Waals surface area (Å²) >= 11 is 0. The van der Waals surface area contributed by atoms with Gasteiger partial charge in [-0.2, -0.15) is 0 Å². The fraction of sp³-hybridized carbons (Fsp3) is 0.500. The molecule has 4 nitrogen and oxygen atoms in total. The summed E-state index contributed by atoms with van der Waals surface area (Å²) in [5.41, 5.74) is 0.366. The Hall–Kier alpha value is -0.980. The van der Waals surface area contributed by atoms with E-state index in [0.29, 0.717) is 12.1 Å². The summed E-state index contributed by atoms with van der Waals surface area (Å²) in [6.07, 6.45) is 2.62. The van der Waals surface area contributed by atoms with Crippen LogP contribution in [0.1, 0.15) is 31.7 Å². The van der Waals surface area contributed by atoms with E-state index in [1.165, 1.54) is 6.07 Å². The predicted molar refractivity (Wildman–Crippen MR) is 67.0 cm³/mol. The summed E-state index contributed by atoms with van der Waals surface area (Å²) in [6, 6.07) is 3.55. The van der Waals surface area contributed by atoms with E-state index in [9.17, 15) is 12.8 Å². The quantitative estimate of drug-likeness (QED) is 0.746. The molecule has 2 N–H and O–H groups in total. The van der Waals surface area contributed by atoms with E-state index >= 15 is 0 Å². The number of nitrogens with one attached hydrogen (secondary N) is 1. The van der Waals surface area contributed by atoms with Gasteiger partial charge in [0.2, 0.25) is 10.0 Å². The zero-order chi connectivity index (χ0) is 13.6. The molecule has 0 amide bonds. The molecule has 0 saturated carbocycles. The lowest BCUT2D eigenvalue weighted by atomic mass is 10.2. The average molecular weight is 275 g/mol. The summed E-state index contributed by atoms with van der Waals surface area (Å²) in [5.74, 6) is -0.810. The second-order valence-electron chi connectivity index (χ2n) is 4.03. The number of unbranched alkanes of at least 4 members (excludes halogenated alkanes) is 2. The van der Waals surface area contributed by atoms with E-state index in [1.807, 2.05) is 6.92 Å². The van der Waals surface area contributed by atoms with Gasteiger partial charge in [-0.25, -0.2) is 17.5 Å². The van der Waals surface area contributed by atoms with Crippen LogP contribution in [-0.4, -0.2) is 20.1 Å². The van der Waals surface area contributed by atoms with Crippen LogP contribution in [0.15, 0.2) is 23.1 Å². The summed E-state index contributed by atoms with van der Waals surface area (Å²) in [5, 5.41) is 8.93. The Morgan fingerprint density at radius 2 is 2.06 bits per heavy atom. The Morgan fingerprint density at radius 1 is 1.33 bits per heavy atom. The van der Waals surface area contributed by atoms with Crippen molar-refractivity contribution in [2.24, 2.45) is 0 Å².